The van der Waals surface area contributed by atoms with E-state index in [1.807, 2.05) is 25.3 Å². The van der Waals surface area contributed by atoms with Gasteiger partial charge in [0.25, 0.3) is 0 Å². The zero-order valence-corrected chi connectivity index (χ0v) is 6.72. The van der Waals surface area contributed by atoms with Gasteiger partial charge in [0.1, 0.15) is 6.21 Å². The molecule has 2 nitrogen and oxygen atoms in total. The smallest absolute Gasteiger partial charge is 0.315 e. The lowest BCUT2D eigenvalue weighted by Gasteiger charge is -1.86. The highest BCUT2D eigenvalue weighted by molar-refractivity contribution is 5.72. The fourth-order valence-electron chi connectivity index (χ4n) is 0.511. The lowest BCUT2D eigenvalue weighted by molar-refractivity contribution is -0.00000175. The fourth-order valence-corrected chi connectivity index (χ4v) is 0.511. The van der Waals surface area contributed by atoms with Crippen LogP contribution < -0.4 is 27.3 Å². The summed E-state index contributed by atoms with van der Waals surface area (Å²) in [6.07, 6.45) is 7.51. The summed E-state index contributed by atoms with van der Waals surface area (Å²) in [6, 6.07) is 0. The van der Waals surface area contributed by atoms with Crippen LogP contribution in [0.3, 0.4) is 0 Å². The number of rotatable bonds is 1. The number of nitrogens with zero attached hydrogens (tertiary/aromatic N) is 1. The van der Waals surface area contributed by atoms with E-state index in [1.54, 1.807) is 6.21 Å². The summed E-state index contributed by atoms with van der Waals surface area (Å²) in [5.74, 6) is 0.910. The Hall–Kier alpha value is -0.570. The van der Waals surface area contributed by atoms with Gasteiger partial charge in [-0.05, 0) is 6.08 Å². The van der Waals surface area contributed by atoms with E-state index in [1.165, 1.54) is 0 Å². The van der Waals surface area contributed by atoms with Crippen LogP contribution in [0.25, 0.3) is 0 Å². The molecule has 1 heterocycles. The van der Waals surface area contributed by atoms with Crippen molar-refractivity contribution in [3.63, 3.8) is 0 Å². The monoisotopic (exact) mass is 187 g/mol. The van der Waals surface area contributed by atoms with Crippen LogP contribution in [-0.4, -0.2) is 13.3 Å². The molecule has 0 amide bonds. The molecule has 1 aliphatic rings. The SMILES string of the molecule is CNC1=CC=CC=[N+]1.[Br-]. The number of hydrogen-bond acceptors (Lipinski definition) is 2. The van der Waals surface area contributed by atoms with E-state index in [9.17, 15) is 0 Å². The minimum Gasteiger partial charge on any atom is -1.00 e. The van der Waals surface area contributed by atoms with Crippen LogP contribution in [0.2, 0.25) is 0 Å². The van der Waals surface area contributed by atoms with Crippen LogP contribution in [0, 0.1) is 0 Å². The fraction of sp³-hybridized carbons (Fsp3) is 0.167. The molecular weight excluding hydrogens is 180 g/mol. The molecule has 0 aromatic heterocycles. The van der Waals surface area contributed by atoms with Crippen molar-refractivity contribution in [2.24, 2.45) is 0 Å². The van der Waals surface area contributed by atoms with Crippen LogP contribution in [0.15, 0.2) is 24.0 Å². The summed E-state index contributed by atoms with van der Waals surface area (Å²) in [4.78, 5) is 3.99. The van der Waals surface area contributed by atoms with Gasteiger partial charge in [0, 0.05) is 6.08 Å². The molecule has 9 heavy (non-hydrogen) atoms. The highest BCUT2D eigenvalue weighted by Gasteiger charge is 1.97. The number of hydrogen-bond donors (Lipinski definition) is 1. The van der Waals surface area contributed by atoms with Crippen molar-refractivity contribution in [3.8, 4) is 0 Å². The van der Waals surface area contributed by atoms with Gasteiger partial charge in [-0.25, -0.2) is 0 Å². The molecule has 49 valence electrons. The Morgan fingerprint density at radius 2 is 2.22 bits per heavy atom. The minimum absolute atomic E-state index is 0. The van der Waals surface area contributed by atoms with Crippen molar-refractivity contribution in [1.29, 1.82) is 0 Å². The van der Waals surface area contributed by atoms with Gasteiger partial charge < -0.3 is 17.0 Å². The standard InChI is InChI=1S/C6H8N2.BrH/c1-7-6-4-2-3-5-8-6;/h2-5,7H,1H3;1H/q+1;/p-1. The second-order valence-corrected chi connectivity index (χ2v) is 1.46. The Balaban J connectivity index is 0.000000640. The molecule has 0 aromatic rings. The Labute approximate surface area is 65.1 Å². The maximum atomic E-state index is 3.99. The first kappa shape index (κ1) is 8.43. The lowest BCUT2D eigenvalue weighted by atomic mass is 10.4. The zero-order chi connectivity index (χ0) is 5.82. The van der Waals surface area contributed by atoms with E-state index < -0.39 is 0 Å². The molecular formula is C6H8BrN2. The Bertz CT molecular complexity index is 158. The predicted octanol–water partition coefficient (Wildman–Crippen LogP) is -2.97. The van der Waals surface area contributed by atoms with Crippen LogP contribution >= 0.6 is 0 Å². The average molecular weight is 188 g/mol. The molecule has 0 bridgehead atoms. The first-order valence-electron chi connectivity index (χ1n) is 2.52. The van der Waals surface area contributed by atoms with Crippen molar-refractivity contribution in [3.05, 3.63) is 24.0 Å². The maximum Gasteiger partial charge on any atom is 0.315 e. The lowest BCUT2D eigenvalue weighted by Crippen LogP contribution is -3.00. The molecule has 1 rings (SSSR count). The summed E-state index contributed by atoms with van der Waals surface area (Å²) < 4.78 is 0. The molecule has 0 aromatic carbocycles. The Morgan fingerprint density at radius 1 is 1.44 bits per heavy atom. The van der Waals surface area contributed by atoms with Crippen LogP contribution in [0.1, 0.15) is 0 Å². The third-order valence-electron chi connectivity index (χ3n) is 0.921. The van der Waals surface area contributed by atoms with Crippen molar-refractivity contribution in [1.82, 2.24) is 10.3 Å². The molecule has 0 unspecified atom stereocenters. The average Bonchev–Trinajstić information content (AvgIpc) is 1.90. The molecule has 0 atom stereocenters. The first-order valence-corrected chi connectivity index (χ1v) is 2.52. The number of nitrogens with one attached hydrogen (secondary N) is 1. The minimum atomic E-state index is 0. The van der Waals surface area contributed by atoms with Gasteiger partial charge in [0.15, 0.2) is 0 Å². The van der Waals surface area contributed by atoms with Gasteiger partial charge in [0.05, 0.1) is 7.05 Å². The van der Waals surface area contributed by atoms with E-state index in [2.05, 4.69) is 10.3 Å². The summed E-state index contributed by atoms with van der Waals surface area (Å²) in [7, 11) is 1.85. The second-order valence-electron chi connectivity index (χ2n) is 1.46. The molecule has 0 saturated heterocycles. The van der Waals surface area contributed by atoms with Crippen molar-refractivity contribution in [2.75, 3.05) is 7.05 Å². The Kier molecular flexibility index (Phi) is 4.05. The second kappa shape index (κ2) is 4.32. The van der Waals surface area contributed by atoms with Gasteiger partial charge in [-0.2, -0.15) is 0 Å². The molecule has 0 fully saturated rings. The summed E-state index contributed by atoms with van der Waals surface area (Å²) in [5.41, 5.74) is 0. The largest absolute Gasteiger partial charge is 1.00 e. The molecule has 0 saturated carbocycles. The number of allylic oxidation sites excluding steroid dienone is 3. The zero-order valence-electron chi connectivity index (χ0n) is 5.13. The first-order chi connectivity index (χ1) is 3.93. The summed E-state index contributed by atoms with van der Waals surface area (Å²) in [5, 5.41) is 2.92. The number of aliphatic imine (C=N–C) groups is 1. The normalized spacial score (nSPS) is 14.1. The Morgan fingerprint density at radius 3 is 2.56 bits per heavy atom. The van der Waals surface area contributed by atoms with Crippen LogP contribution in [-0.2, 0) is 0 Å². The van der Waals surface area contributed by atoms with E-state index in [4.69, 9.17) is 0 Å². The summed E-state index contributed by atoms with van der Waals surface area (Å²) >= 11 is 0. The van der Waals surface area contributed by atoms with E-state index in [0.29, 0.717) is 0 Å². The van der Waals surface area contributed by atoms with E-state index in [-0.39, 0.29) is 17.0 Å². The van der Waals surface area contributed by atoms with E-state index >= 15 is 0 Å². The highest BCUT2D eigenvalue weighted by Crippen LogP contribution is 1.85. The van der Waals surface area contributed by atoms with Gasteiger partial charge >= 0.3 is 5.82 Å². The number of halogens is 1. The van der Waals surface area contributed by atoms with Crippen molar-refractivity contribution < 1.29 is 17.0 Å². The van der Waals surface area contributed by atoms with Gasteiger partial charge in [0.2, 0.25) is 0 Å². The molecule has 1 aliphatic heterocycles. The van der Waals surface area contributed by atoms with Crippen molar-refractivity contribution >= 4 is 6.21 Å². The van der Waals surface area contributed by atoms with E-state index in [0.717, 1.165) is 5.82 Å². The van der Waals surface area contributed by atoms with Crippen LogP contribution in [0.5, 0.6) is 0 Å². The topological polar surface area (TPSA) is 26.1 Å². The van der Waals surface area contributed by atoms with Gasteiger partial charge in [-0.3, -0.25) is 5.32 Å². The molecule has 1 radical (unpaired) electrons. The third kappa shape index (κ3) is 2.46. The molecule has 0 aliphatic carbocycles. The summed E-state index contributed by atoms with van der Waals surface area (Å²) in [6.45, 7) is 0. The highest BCUT2D eigenvalue weighted by atomic mass is 79.9. The molecule has 0 spiro atoms. The van der Waals surface area contributed by atoms with Gasteiger partial charge in [-0.1, -0.05) is 11.1 Å². The molecule has 3 heteroatoms. The maximum absolute atomic E-state index is 3.99. The van der Waals surface area contributed by atoms with Crippen molar-refractivity contribution in [2.45, 2.75) is 0 Å². The van der Waals surface area contributed by atoms with Crippen LogP contribution in [0.4, 0.5) is 0 Å². The third-order valence-corrected chi connectivity index (χ3v) is 0.921. The van der Waals surface area contributed by atoms with Gasteiger partial charge in [-0.15, -0.1) is 0 Å². The predicted molar refractivity (Wildman–Crippen MR) is 34.5 cm³/mol. The quantitative estimate of drug-likeness (QED) is 0.467. The molecule has 1 N–H and O–H groups in total.